The summed E-state index contributed by atoms with van der Waals surface area (Å²) in [4.78, 5) is 24.0. The maximum Gasteiger partial charge on any atom is 0.267 e. The van der Waals surface area contributed by atoms with Crippen LogP contribution < -0.4 is 10.9 Å². The molecular formula is C17H20FN3O2. The third-order valence-corrected chi connectivity index (χ3v) is 3.66. The van der Waals surface area contributed by atoms with Crippen molar-refractivity contribution in [3.63, 3.8) is 0 Å². The van der Waals surface area contributed by atoms with Crippen molar-refractivity contribution >= 4 is 5.91 Å². The van der Waals surface area contributed by atoms with Crippen LogP contribution in [-0.4, -0.2) is 21.2 Å². The second-order valence-electron chi connectivity index (χ2n) is 6.01. The Kier molecular flexibility index (Phi) is 4.93. The number of carbonyl (C=O) groups is 1. The SMILES string of the molecule is CCC(C)(C)NC(=O)Cn1nc(-c2ccc(F)cc2)ccc1=O. The van der Waals surface area contributed by atoms with E-state index in [1.165, 1.54) is 18.2 Å². The molecule has 0 saturated carbocycles. The molecule has 0 spiro atoms. The summed E-state index contributed by atoms with van der Waals surface area (Å²) in [5.41, 5.74) is 0.483. The van der Waals surface area contributed by atoms with Gasteiger partial charge in [-0.25, -0.2) is 9.07 Å². The van der Waals surface area contributed by atoms with E-state index in [0.717, 1.165) is 11.1 Å². The Morgan fingerprint density at radius 3 is 2.48 bits per heavy atom. The van der Waals surface area contributed by atoms with Gasteiger partial charge in [-0.15, -0.1) is 0 Å². The van der Waals surface area contributed by atoms with Crippen LogP contribution >= 0.6 is 0 Å². The fourth-order valence-corrected chi connectivity index (χ4v) is 1.98. The molecule has 6 heteroatoms. The molecule has 0 aliphatic rings. The summed E-state index contributed by atoms with van der Waals surface area (Å²) in [7, 11) is 0. The molecule has 1 aromatic carbocycles. The van der Waals surface area contributed by atoms with E-state index < -0.39 is 0 Å². The van der Waals surface area contributed by atoms with Gasteiger partial charge in [0.25, 0.3) is 5.56 Å². The third kappa shape index (κ3) is 4.48. The number of hydrogen-bond acceptors (Lipinski definition) is 3. The van der Waals surface area contributed by atoms with Crippen LogP contribution in [0.1, 0.15) is 27.2 Å². The van der Waals surface area contributed by atoms with Crippen molar-refractivity contribution in [1.82, 2.24) is 15.1 Å². The molecule has 0 fully saturated rings. The van der Waals surface area contributed by atoms with Gasteiger partial charge in [0.1, 0.15) is 12.4 Å². The molecule has 0 unspecified atom stereocenters. The van der Waals surface area contributed by atoms with Gasteiger partial charge in [-0.2, -0.15) is 5.10 Å². The van der Waals surface area contributed by atoms with Gasteiger partial charge in [0.2, 0.25) is 5.91 Å². The zero-order chi connectivity index (χ0) is 17.0. The van der Waals surface area contributed by atoms with E-state index in [1.54, 1.807) is 18.2 Å². The fourth-order valence-electron chi connectivity index (χ4n) is 1.98. The average Bonchev–Trinajstić information content (AvgIpc) is 2.50. The number of nitrogens with zero attached hydrogens (tertiary/aromatic N) is 2. The first kappa shape index (κ1) is 16.9. The van der Waals surface area contributed by atoms with Crippen molar-refractivity contribution in [2.24, 2.45) is 0 Å². The van der Waals surface area contributed by atoms with E-state index in [2.05, 4.69) is 10.4 Å². The van der Waals surface area contributed by atoms with Crippen LogP contribution in [0.2, 0.25) is 0 Å². The topological polar surface area (TPSA) is 64.0 Å². The van der Waals surface area contributed by atoms with Crippen LogP contribution in [0.5, 0.6) is 0 Å². The van der Waals surface area contributed by atoms with Gasteiger partial charge in [0.05, 0.1) is 5.69 Å². The van der Waals surface area contributed by atoms with Crippen LogP contribution in [0.4, 0.5) is 4.39 Å². The molecule has 1 amide bonds. The lowest BCUT2D eigenvalue weighted by Gasteiger charge is -2.24. The normalized spacial score (nSPS) is 11.3. The van der Waals surface area contributed by atoms with Crippen LogP contribution in [0.3, 0.4) is 0 Å². The number of amides is 1. The summed E-state index contributed by atoms with van der Waals surface area (Å²) in [6, 6.07) is 8.70. The molecule has 0 atom stereocenters. The summed E-state index contributed by atoms with van der Waals surface area (Å²) < 4.78 is 14.1. The Morgan fingerprint density at radius 1 is 1.22 bits per heavy atom. The highest BCUT2D eigenvalue weighted by molar-refractivity contribution is 5.76. The van der Waals surface area contributed by atoms with Crippen molar-refractivity contribution in [3.05, 3.63) is 52.6 Å². The van der Waals surface area contributed by atoms with Gasteiger partial charge < -0.3 is 5.32 Å². The number of hydrogen-bond donors (Lipinski definition) is 1. The van der Waals surface area contributed by atoms with Crippen molar-refractivity contribution in [3.8, 4) is 11.3 Å². The zero-order valence-corrected chi connectivity index (χ0v) is 13.5. The molecule has 0 aliphatic carbocycles. The highest BCUT2D eigenvalue weighted by Crippen LogP contribution is 2.15. The lowest BCUT2D eigenvalue weighted by Crippen LogP contribution is -2.45. The second-order valence-corrected chi connectivity index (χ2v) is 6.01. The van der Waals surface area contributed by atoms with Crippen LogP contribution in [0.15, 0.2) is 41.2 Å². The molecule has 5 nitrogen and oxygen atoms in total. The molecule has 2 rings (SSSR count). The largest absolute Gasteiger partial charge is 0.350 e. The first-order valence-corrected chi connectivity index (χ1v) is 7.46. The van der Waals surface area contributed by atoms with Crippen LogP contribution in [-0.2, 0) is 11.3 Å². The minimum absolute atomic E-state index is 0.155. The Labute approximate surface area is 134 Å². The van der Waals surface area contributed by atoms with E-state index in [9.17, 15) is 14.0 Å². The molecule has 23 heavy (non-hydrogen) atoms. The summed E-state index contributed by atoms with van der Waals surface area (Å²) in [6.07, 6.45) is 0.774. The molecule has 1 heterocycles. The first-order chi connectivity index (χ1) is 10.8. The Balaban J connectivity index is 2.23. The number of benzene rings is 1. The third-order valence-electron chi connectivity index (χ3n) is 3.66. The molecule has 0 aliphatic heterocycles. The quantitative estimate of drug-likeness (QED) is 0.920. The minimum atomic E-state index is -0.361. The summed E-state index contributed by atoms with van der Waals surface area (Å²) in [5.74, 6) is -0.619. The van der Waals surface area contributed by atoms with Crippen molar-refractivity contribution < 1.29 is 9.18 Å². The van der Waals surface area contributed by atoms with Crippen LogP contribution in [0.25, 0.3) is 11.3 Å². The number of carbonyl (C=O) groups excluding carboxylic acids is 1. The minimum Gasteiger partial charge on any atom is -0.350 e. The molecule has 0 saturated heterocycles. The van der Waals surface area contributed by atoms with Gasteiger partial charge in [0, 0.05) is 17.2 Å². The summed E-state index contributed by atoms with van der Waals surface area (Å²) in [5, 5.41) is 7.05. The predicted molar refractivity (Wildman–Crippen MR) is 86.4 cm³/mol. The molecule has 2 aromatic rings. The van der Waals surface area contributed by atoms with Gasteiger partial charge in [-0.1, -0.05) is 6.92 Å². The van der Waals surface area contributed by atoms with Gasteiger partial charge >= 0.3 is 0 Å². The van der Waals surface area contributed by atoms with E-state index >= 15 is 0 Å². The van der Waals surface area contributed by atoms with E-state index in [-0.39, 0.29) is 29.4 Å². The predicted octanol–water partition coefficient (Wildman–Crippen LogP) is 2.35. The standard InChI is InChI=1S/C17H20FN3O2/c1-4-17(2,3)19-15(22)11-21-16(23)10-9-14(20-21)12-5-7-13(18)8-6-12/h5-10H,4,11H2,1-3H3,(H,19,22). The molecule has 0 radical (unpaired) electrons. The molecule has 1 N–H and O–H groups in total. The Morgan fingerprint density at radius 2 is 1.87 bits per heavy atom. The highest BCUT2D eigenvalue weighted by Gasteiger charge is 2.18. The number of halogens is 1. The van der Waals surface area contributed by atoms with Crippen molar-refractivity contribution in [2.45, 2.75) is 39.3 Å². The number of aromatic nitrogens is 2. The van der Waals surface area contributed by atoms with E-state index in [4.69, 9.17) is 0 Å². The lowest BCUT2D eigenvalue weighted by atomic mass is 10.0. The van der Waals surface area contributed by atoms with E-state index in [0.29, 0.717) is 11.3 Å². The maximum atomic E-state index is 13.0. The van der Waals surface area contributed by atoms with Crippen molar-refractivity contribution in [2.75, 3.05) is 0 Å². The fraction of sp³-hybridized carbons (Fsp3) is 0.353. The summed E-state index contributed by atoms with van der Waals surface area (Å²) >= 11 is 0. The second kappa shape index (κ2) is 6.73. The van der Waals surface area contributed by atoms with Crippen molar-refractivity contribution in [1.29, 1.82) is 0 Å². The molecular weight excluding hydrogens is 297 g/mol. The summed E-state index contributed by atoms with van der Waals surface area (Å²) in [6.45, 7) is 5.64. The van der Waals surface area contributed by atoms with Gasteiger partial charge in [-0.3, -0.25) is 9.59 Å². The molecule has 122 valence electrons. The molecule has 1 aromatic heterocycles. The van der Waals surface area contributed by atoms with Gasteiger partial charge in [-0.05, 0) is 50.6 Å². The highest BCUT2D eigenvalue weighted by atomic mass is 19.1. The number of rotatable bonds is 5. The molecule has 0 bridgehead atoms. The monoisotopic (exact) mass is 317 g/mol. The Hall–Kier alpha value is -2.50. The lowest BCUT2D eigenvalue weighted by molar-refractivity contribution is -0.123. The first-order valence-electron chi connectivity index (χ1n) is 7.46. The smallest absolute Gasteiger partial charge is 0.267 e. The van der Waals surface area contributed by atoms with E-state index in [1.807, 2.05) is 20.8 Å². The number of nitrogens with one attached hydrogen (secondary N) is 1. The maximum absolute atomic E-state index is 13.0. The zero-order valence-electron chi connectivity index (χ0n) is 13.5. The Bertz CT molecular complexity index is 751. The van der Waals surface area contributed by atoms with Crippen LogP contribution in [0, 0.1) is 5.82 Å². The average molecular weight is 317 g/mol. The van der Waals surface area contributed by atoms with Gasteiger partial charge in [0.15, 0.2) is 0 Å².